The fourth-order valence-electron chi connectivity index (χ4n) is 3.82. The lowest BCUT2D eigenvalue weighted by Crippen LogP contribution is -2.51. The zero-order valence-electron chi connectivity index (χ0n) is 13.5. The fraction of sp³-hybridized carbons (Fsp3) is 1.00. The van der Waals surface area contributed by atoms with E-state index in [-0.39, 0.29) is 0 Å². The molecule has 0 amide bonds. The normalized spacial score (nSPS) is 23.2. The Kier molecular flexibility index (Phi) is 6.31. The molecule has 0 atom stereocenters. The maximum absolute atomic E-state index is 9.38. The second kappa shape index (κ2) is 7.77. The number of rotatable bonds is 8. The van der Waals surface area contributed by atoms with Crippen molar-refractivity contribution >= 4 is 0 Å². The van der Waals surface area contributed by atoms with Crippen molar-refractivity contribution in [1.82, 2.24) is 10.2 Å². The van der Waals surface area contributed by atoms with Crippen LogP contribution in [0.2, 0.25) is 0 Å². The Labute approximate surface area is 125 Å². The zero-order chi connectivity index (χ0) is 14.4. The van der Waals surface area contributed by atoms with Gasteiger partial charge in [-0.1, -0.05) is 39.5 Å². The van der Waals surface area contributed by atoms with E-state index in [9.17, 15) is 5.11 Å². The number of hydrogen-bond donors (Lipinski definition) is 2. The van der Waals surface area contributed by atoms with E-state index in [4.69, 9.17) is 0 Å². The molecule has 0 radical (unpaired) electrons. The van der Waals surface area contributed by atoms with Gasteiger partial charge in [0.25, 0.3) is 0 Å². The van der Waals surface area contributed by atoms with Crippen LogP contribution in [-0.2, 0) is 0 Å². The van der Waals surface area contributed by atoms with Gasteiger partial charge in [-0.15, -0.1) is 0 Å². The van der Waals surface area contributed by atoms with Crippen LogP contribution >= 0.6 is 0 Å². The molecule has 0 spiro atoms. The van der Waals surface area contributed by atoms with Crippen molar-refractivity contribution in [1.29, 1.82) is 0 Å². The smallest absolute Gasteiger partial charge is 0.0558 e. The van der Waals surface area contributed by atoms with Crippen molar-refractivity contribution < 1.29 is 5.11 Å². The summed E-state index contributed by atoms with van der Waals surface area (Å²) in [6, 6.07) is 1.32. The summed E-state index contributed by atoms with van der Waals surface area (Å²) in [6.07, 6.45) is 11.0. The van der Waals surface area contributed by atoms with E-state index in [1.807, 2.05) is 0 Å². The van der Waals surface area contributed by atoms with Gasteiger partial charge in [0.2, 0.25) is 0 Å². The van der Waals surface area contributed by atoms with E-state index in [1.54, 1.807) is 0 Å². The lowest BCUT2D eigenvalue weighted by atomic mass is 9.72. The molecule has 2 N–H and O–H groups in total. The zero-order valence-corrected chi connectivity index (χ0v) is 13.5. The molecule has 3 nitrogen and oxygen atoms in total. The molecule has 0 heterocycles. The molecule has 118 valence electrons. The third-order valence-electron chi connectivity index (χ3n) is 5.32. The predicted octanol–water partition coefficient (Wildman–Crippen LogP) is 2.78. The summed E-state index contributed by atoms with van der Waals surface area (Å²) in [7, 11) is 0. The van der Waals surface area contributed by atoms with E-state index < -0.39 is 0 Å². The third-order valence-corrected chi connectivity index (χ3v) is 5.32. The minimum absolute atomic E-state index is 0.310. The van der Waals surface area contributed by atoms with Gasteiger partial charge < -0.3 is 10.4 Å². The summed E-state index contributed by atoms with van der Waals surface area (Å²) in [5.41, 5.74) is 0.452. The first kappa shape index (κ1) is 16.3. The molecular formula is C17H34N2O. The minimum atomic E-state index is 0.310. The summed E-state index contributed by atoms with van der Waals surface area (Å²) in [5.74, 6) is 0. The van der Waals surface area contributed by atoms with Gasteiger partial charge >= 0.3 is 0 Å². The minimum Gasteiger partial charge on any atom is -0.395 e. The number of hydrogen-bond acceptors (Lipinski definition) is 3. The average molecular weight is 282 g/mol. The highest BCUT2D eigenvalue weighted by Crippen LogP contribution is 2.38. The Morgan fingerprint density at radius 3 is 2.35 bits per heavy atom. The lowest BCUT2D eigenvalue weighted by molar-refractivity contribution is 0.0339. The van der Waals surface area contributed by atoms with E-state index in [0.717, 1.165) is 19.1 Å². The quantitative estimate of drug-likeness (QED) is 0.718. The van der Waals surface area contributed by atoms with Crippen molar-refractivity contribution in [2.45, 2.75) is 77.3 Å². The second-order valence-corrected chi connectivity index (χ2v) is 7.38. The molecule has 0 aromatic carbocycles. The summed E-state index contributed by atoms with van der Waals surface area (Å²) in [5, 5.41) is 13.1. The molecule has 2 aliphatic rings. The van der Waals surface area contributed by atoms with Gasteiger partial charge in [-0.05, 0) is 31.1 Å². The molecule has 2 fully saturated rings. The van der Waals surface area contributed by atoms with E-state index >= 15 is 0 Å². The summed E-state index contributed by atoms with van der Waals surface area (Å²) >= 11 is 0. The van der Waals surface area contributed by atoms with Crippen LogP contribution < -0.4 is 5.32 Å². The Morgan fingerprint density at radius 2 is 1.85 bits per heavy atom. The van der Waals surface area contributed by atoms with Gasteiger partial charge in [-0.25, -0.2) is 0 Å². The Bertz CT molecular complexity index is 270. The molecule has 0 aromatic rings. The van der Waals surface area contributed by atoms with Crippen LogP contribution in [0.25, 0.3) is 0 Å². The van der Waals surface area contributed by atoms with Crippen molar-refractivity contribution in [3.8, 4) is 0 Å². The highest BCUT2D eigenvalue weighted by Gasteiger charge is 2.36. The molecule has 0 saturated heterocycles. The average Bonchev–Trinajstić information content (AvgIpc) is 2.36. The highest BCUT2D eigenvalue weighted by atomic mass is 16.3. The number of aliphatic hydroxyl groups is 1. The third kappa shape index (κ3) is 4.44. The molecule has 0 aliphatic heterocycles. The summed E-state index contributed by atoms with van der Waals surface area (Å²) in [4.78, 5) is 2.59. The Morgan fingerprint density at radius 1 is 1.15 bits per heavy atom. The van der Waals surface area contributed by atoms with Crippen molar-refractivity contribution in [3.05, 3.63) is 0 Å². The van der Waals surface area contributed by atoms with Gasteiger partial charge in [0, 0.05) is 31.7 Å². The van der Waals surface area contributed by atoms with Gasteiger partial charge in [-0.2, -0.15) is 0 Å². The Hall–Kier alpha value is -0.120. The highest BCUT2D eigenvalue weighted by molar-refractivity contribution is 4.91. The number of nitrogens with zero attached hydrogens (tertiary/aromatic N) is 1. The molecule has 2 aliphatic carbocycles. The summed E-state index contributed by atoms with van der Waals surface area (Å²) in [6.45, 7) is 8.01. The fourth-order valence-corrected chi connectivity index (χ4v) is 3.82. The number of nitrogens with one attached hydrogen (secondary N) is 1. The molecule has 2 saturated carbocycles. The first-order valence-corrected chi connectivity index (χ1v) is 8.73. The predicted molar refractivity (Wildman–Crippen MR) is 85.0 cm³/mol. The van der Waals surface area contributed by atoms with E-state index in [0.29, 0.717) is 18.1 Å². The molecule has 3 heteroatoms. The lowest BCUT2D eigenvalue weighted by Gasteiger charge is -2.46. The van der Waals surface area contributed by atoms with E-state index in [1.165, 1.54) is 57.9 Å². The molecule has 0 bridgehead atoms. The number of aliphatic hydroxyl groups excluding tert-OH is 1. The molecule has 20 heavy (non-hydrogen) atoms. The van der Waals surface area contributed by atoms with Gasteiger partial charge in [-0.3, -0.25) is 4.90 Å². The first-order chi connectivity index (χ1) is 9.65. The SMILES string of the molecule is CC(C)NCC1(CN(CCO)C2CCC2)CCCCC1. The van der Waals surface area contributed by atoms with Crippen molar-refractivity contribution in [3.63, 3.8) is 0 Å². The van der Waals surface area contributed by atoms with Gasteiger partial charge in [0.1, 0.15) is 0 Å². The molecule has 0 unspecified atom stereocenters. The van der Waals surface area contributed by atoms with Gasteiger partial charge in [0.15, 0.2) is 0 Å². The van der Waals surface area contributed by atoms with Crippen LogP contribution in [0.15, 0.2) is 0 Å². The monoisotopic (exact) mass is 282 g/mol. The van der Waals surface area contributed by atoms with Crippen molar-refractivity contribution in [2.75, 3.05) is 26.2 Å². The largest absolute Gasteiger partial charge is 0.395 e. The molecule has 0 aromatic heterocycles. The topological polar surface area (TPSA) is 35.5 Å². The molecular weight excluding hydrogens is 248 g/mol. The van der Waals surface area contributed by atoms with Crippen LogP contribution in [-0.4, -0.2) is 48.3 Å². The van der Waals surface area contributed by atoms with Crippen LogP contribution in [0, 0.1) is 5.41 Å². The van der Waals surface area contributed by atoms with Crippen LogP contribution in [0.4, 0.5) is 0 Å². The Balaban J connectivity index is 1.96. The first-order valence-electron chi connectivity index (χ1n) is 8.73. The van der Waals surface area contributed by atoms with Gasteiger partial charge in [0.05, 0.1) is 6.61 Å². The summed E-state index contributed by atoms with van der Waals surface area (Å²) < 4.78 is 0. The standard InChI is InChI=1S/C17H34N2O/c1-15(2)18-13-17(9-4-3-5-10-17)14-19(11-12-20)16-7-6-8-16/h15-16,18,20H,3-14H2,1-2H3. The second-order valence-electron chi connectivity index (χ2n) is 7.38. The van der Waals surface area contributed by atoms with Crippen molar-refractivity contribution in [2.24, 2.45) is 5.41 Å². The maximum atomic E-state index is 9.38. The van der Waals surface area contributed by atoms with Crippen LogP contribution in [0.5, 0.6) is 0 Å². The molecule has 2 rings (SSSR count). The van der Waals surface area contributed by atoms with Crippen LogP contribution in [0.3, 0.4) is 0 Å². The van der Waals surface area contributed by atoms with E-state index in [2.05, 4.69) is 24.1 Å². The maximum Gasteiger partial charge on any atom is 0.0558 e. The van der Waals surface area contributed by atoms with Crippen LogP contribution in [0.1, 0.15) is 65.2 Å².